The Morgan fingerprint density at radius 2 is 1.70 bits per heavy atom. The van der Waals surface area contributed by atoms with Crippen LogP contribution in [0, 0.1) is 0 Å². The molecule has 186 valence electrons. The molecule has 37 heavy (non-hydrogen) atoms. The number of furan rings is 1. The summed E-state index contributed by atoms with van der Waals surface area (Å²) in [5, 5.41) is 3.41. The van der Waals surface area contributed by atoms with Crippen molar-refractivity contribution in [2.45, 2.75) is 18.9 Å². The summed E-state index contributed by atoms with van der Waals surface area (Å²) >= 11 is 5.82. The molecule has 5 aromatic rings. The molecule has 1 amide bonds. The Balaban J connectivity index is 1.30. The number of aliphatic imine (C=N–C) groups is 1. The van der Waals surface area contributed by atoms with E-state index in [4.69, 9.17) is 26.7 Å². The lowest BCUT2D eigenvalue weighted by Crippen LogP contribution is -2.29. The highest BCUT2D eigenvalue weighted by molar-refractivity contribution is 6.29. The van der Waals surface area contributed by atoms with Crippen molar-refractivity contribution < 1.29 is 9.21 Å². The molecular weight excluding hydrogens is 486 g/mol. The Kier molecular flexibility index (Phi) is 7.33. The van der Waals surface area contributed by atoms with Crippen molar-refractivity contribution in [3.8, 4) is 11.1 Å². The van der Waals surface area contributed by atoms with Gasteiger partial charge in [0, 0.05) is 12.1 Å². The van der Waals surface area contributed by atoms with Crippen molar-refractivity contribution in [3.63, 3.8) is 0 Å². The minimum Gasteiger partial charge on any atom is -0.441 e. The van der Waals surface area contributed by atoms with Crippen LogP contribution in [0.15, 0.2) is 100 Å². The molecule has 7 nitrogen and oxygen atoms in total. The number of hydrogen-bond acceptors (Lipinski definition) is 4. The van der Waals surface area contributed by atoms with E-state index in [1.54, 1.807) is 12.1 Å². The molecule has 0 aliphatic carbocycles. The number of aromatic nitrogens is 2. The lowest BCUT2D eigenvalue weighted by molar-refractivity contribution is 0.0932. The molecule has 0 aliphatic heterocycles. The standard InChI is InChI=1S/C29H26ClN5O2/c30-26-17-16-25(37-26)27(31)32-18-6-11-24(28-33-22-9-4-5-10-23(22)34-28)35-29(36)21-14-12-20(13-15-21)19-7-2-1-3-8-19/h1-5,7-10,12-17,24H,6,11,18H2,(H2,31,32)(H,33,34)(H,35,36)/t24-/m0/s1. The van der Waals surface area contributed by atoms with Crippen LogP contribution in [0.1, 0.15) is 40.8 Å². The molecule has 4 N–H and O–H groups in total. The summed E-state index contributed by atoms with van der Waals surface area (Å²) in [7, 11) is 0. The second-order valence-electron chi connectivity index (χ2n) is 8.62. The number of benzene rings is 3. The van der Waals surface area contributed by atoms with Crippen molar-refractivity contribution in [2.75, 3.05) is 6.54 Å². The van der Waals surface area contributed by atoms with Crippen LogP contribution in [-0.4, -0.2) is 28.3 Å². The van der Waals surface area contributed by atoms with Gasteiger partial charge in [0.1, 0.15) is 5.82 Å². The fraction of sp³-hybridized carbons (Fsp3) is 0.138. The third kappa shape index (κ3) is 5.90. The molecule has 0 fully saturated rings. The molecule has 0 saturated carbocycles. The van der Waals surface area contributed by atoms with Gasteiger partial charge in [-0.1, -0.05) is 54.6 Å². The predicted octanol–water partition coefficient (Wildman–Crippen LogP) is 6.13. The summed E-state index contributed by atoms with van der Waals surface area (Å²) in [6, 6.07) is 28.4. The highest BCUT2D eigenvalue weighted by atomic mass is 35.5. The summed E-state index contributed by atoms with van der Waals surface area (Å²) in [4.78, 5) is 25.6. The largest absolute Gasteiger partial charge is 0.441 e. The van der Waals surface area contributed by atoms with E-state index < -0.39 is 0 Å². The Bertz CT molecular complexity index is 1490. The molecule has 3 aromatic carbocycles. The monoisotopic (exact) mass is 511 g/mol. The zero-order chi connectivity index (χ0) is 25.6. The van der Waals surface area contributed by atoms with E-state index in [0.717, 1.165) is 22.2 Å². The van der Waals surface area contributed by atoms with Gasteiger partial charge in [-0.15, -0.1) is 0 Å². The van der Waals surface area contributed by atoms with Crippen LogP contribution in [0.3, 0.4) is 0 Å². The number of amides is 1. The van der Waals surface area contributed by atoms with Gasteiger partial charge in [-0.05, 0) is 72.0 Å². The van der Waals surface area contributed by atoms with Crippen LogP contribution >= 0.6 is 11.6 Å². The van der Waals surface area contributed by atoms with Crippen LogP contribution in [0.25, 0.3) is 22.2 Å². The van der Waals surface area contributed by atoms with Crippen molar-refractivity contribution >= 4 is 34.4 Å². The molecule has 0 unspecified atom stereocenters. The van der Waals surface area contributed by atoms with E-state index >= 15 is 0 Å². The van der Waals surface area contributed by atoms with Gasteiger partial charge in [-0.2, -0.15) is 0 Å². The number of hydrogen-bond donors (Lipinski definition) is 3. The average Bonchev–Trinajstić information content (AvgIpc) is 3.57. The number of para-hydroxylation sites is 2. The van der Waals surface area contributed by atoms with Crippen molar-refractivity contribution in [2.24, 2.45) is 10.7 Å². The van der Waals surface area contributed by atoms with Crippen LogP contribution in [0.4, 0.5) is 0 Å². The maximum absolute atomic E-state index is 13.2. The highest BCUT2D eigenvalue weighted by Crippen LogP contribution is 2.22. The van der Waals surface area contributed by atoms with Gasteiger partial charge in [-0.25, -0.2) is 4.98 Å². The molecule has 1 atom stereocenters. The van der Waals surface area contributed by atoms with Gasteiger partial charge in [0.25, 0.3) is 5.91 Å². The van der Waals surface area contributed by atoms with E-state index in [2.05, 4.69) is 15.3 Å². The van der Waals surface area contributed by atoms with Gasteiger partial charge in [0.15, 0.2) is 16.8 Å². The molecule has 5 rings (SSSR count). The summed E-state index contributed by atoms with van der Waals surface area (Å²) in [5.74, 6) is 1.25. The topological polar surface area (TPSA) is 109 Å². The molecule has 2 aromatic heterocycles. The van der Waals surface area contributed by atoms with Gasteiger partial charge in [0.2, 0.25) is 0 Å². The van der Waals surface area contributed by atoms with E-state index in [1.807, 2.05) is 78.9 Å². The van der Waals surface area contributed by atoms with Crippen molar-refractivity contribution in [1.29, 1.82) is 0 Å². The predicted molar refractivity (Wildman–Crippen MR) is 147 cm³/mol. The Morgan fingerprint density at radius 1 is 0.973 bits per heavy atom. The number of nitrogens with zero attached hydrogens (tertiary/aromatic N) is 2. The summed E-state index contributed by atoms with van der Waals surface area (Å²) in [6.07, 6.45) is 1.29. The summed E-state index contributed by atoms with van der Waals surface area (Å²) in [6.45, 7) is 0.461. The average molecular weight is 512 g/mol. The van der Waals surface area contributed by atoms with E-state index in [0.29, 0.717) is 36.5 Å². The Labute approximate surface area is 219 Å². The lowest BCUT2D eigenvalue weighted by Gasteiger charge is -2.17. The molecule has 0 bridgehead atoms. The van der Waals surface area contributed by atoms with Crippen LogP contribution in [-0.2, 0) is 0 Å². The fourth-order valence-electron chi connectivity index (χ4n) is 4.13. The Hall–Kier alpha value is -4.36. The van der Waals surface area contributed by atoms with Crippen LogP contribution in [0.2, 0.25) is 5.22 Å². The first-order valence-corrected chi connectivity index (χ1v) is 12.4. The normalized spacial score (nSPS) is 12.5. The zero-order valence-electron chi connectivity index (χ0n) is 20.0. The number of imidazole rings is 1. The number of H-pyrrole nitrogens is 1. The first-order chi connectivity index (χ1) is 18.1. The zero-order valence-corrected chi connectivity index (χ0v) is 20.8. The van der Waals surface area contributed by atoms with Crippen LogP contribution in [0.5, 0.6) is 0 Å². The van der Waals surface area contributed by atoms with E-state index in [1.165, 1.54) is 0 Å². The fourth-order valence-corrected chi connectivity index (χ4v) is 4.27. The van der Waals surface area contributed by atoms with E-state index in [-0.39, 0.29) is 23.0 Å². The van der Waals surface area contributed by atoms with Gasteiger partial charge in [-0.3, -0.25) is 9.79 Å². The number of carbonyl (C=O) groups is 1. The van der Waals surface area contributed by atoms with Crippen LogP contribution < -0.4 is 11.1 Å². The number of carbonyl (C=O) groups excluding carboxylic acids is 1. The third-order valence-corrected chi connectivity index (χ3v) is 6.26. The first-order valence-electron chi connectivity index (χ1n) is 12.0. The van der Waals surface area contributed by atoms with Crippen molar-refractivity contribution in [1.82, 2.24) is 15.3 Å². The minimum atomic E-state index is -0.330. The van der Waals surface area contributed by atoms with Gasteiger partial charge in [0.05, 0.1) is 17.1 Å². The number of fused-ring (bicyclic) bond motifs is 1. The van der Waals surface area contributed by atoms with Gasteiger partial charge >= 0.3 is 0 Å². The number of aromatic amines is 1. The molecule has 0 saturated heterocycles. The number of nitrogens with one attached hydrogen (secondary N) is 2. The van der Waals surface area contributed by atoms with Crippen molar-refractivity contribution in [3.05, 3.63) is 113 Å². The quantitative estimate of drug-likeness (QED) is 0.125. The molecular formula is C29H26ClN5O2. The highest BCUT2D eigenvalue weighted by Gasteiger charge is 2.19. The maximum atomic E-state index is 13.2. The molecule has 0 spiro atoms. The maximum Gasteiger partial charge on any atom is 0.251 e. The number of amidine groups is 1. The number of nitrogens with two attached hydrogens (primary N) is 1. The molecule has 0 aliphatic rings. The molecule has 0 radical (unpaired) electrons. The summed E-state index contributed by atoms with van der Waals surface area (Å²) < 4.78 is 5.30. The number of halogens is 1. The lowest BCUT2D eigenvalue weighted by atomic mass is 10.0. The summed E-state index contributed by atoms with van der Waals surface area (Å²) in [5.41, 5.74) is 10.5. The second kappa shape index (κ2) is 11.1. The minimum absolute atomic E-state index is 0.168. The second-order valence-corrected chi connectivity index (χ2v) is 8.99. The van der Waals surface area contributed by atoms with Gasteiger partial charge < -0.3 is 20.5 Å². The molecule has 2 heterocycles. The number of rotatable bonds is 9. The van der Waals surface area contributed by atoms with E-state index in [9.17, 15) is 4.79 Å². The first kappa shape index (κ1) is 24.3. The SMILES string of the molecule is NC(=NCCC[C@H](NC(=O)c1ccc(-c2ccccc2)cc1)c1nc2ccccc2[nH]1)c1ccc(Cl)o1. The smallest absolute Gasteiger partial charge is 0.251 e. The third-order valence-electron chi connectivity index (χ3n) is 6.06. The molecule has 8 heteroatoms. The Morgan fingerprint density at radius 3 is 2.43 bits per heavy atom.